The highest BCUT2D eigenvalue weighted by Crippen LogP contribution is 2.28. The highest BCUT2D eigenvalue weighted by atomic mass is 16.2. The van der Waals surface area contributed by atoms with E-state index in [4.69, 9.17) is 0 Å². The predicted octanol–water partition coefficient (Wildman–Crippen LogP) is 3.15. The third-order valence-corrected chi connectivity index (χ3v) is 5.23. The van der Waals surface area contributed by atoms with E-state index in [0.717, 1.165) is 28.9 Å². The van der Waals surface area contributed by atoms with E-state index in [0.29, 0.717) is 6.54 Å². The topological polar surface area (TPSA) is 52.7 Å². The fourth-order valence-corrected chi connectivity index (χ4v) is 3.40. The lowest BCUT2D eigenvalue weighted by Gasteiger charge is -2.28. The number of fused-ring (bicyclic) bond motifs is 1. The first-order valence-electron chi connectivity index (χ1n) is 9.33. The maximum atomic E-state index is 12.9. The summed E-state index contributed by atoms with van der Waals surface area (Å²) in [6, 6.07) is 13.6. The lowest BCUT2D eigenvalue weighted by molar-refractivity contribution is -0.124. The molecule has 2 aromatic carbocycles. The van der Waals surface area contributed by atoms with E-state index < -0.39 is 0 Å². The molecule has 0 saturated heterocycles. The molecule has 2 aromatic rings. The van der Waals surface area contributed by atoms with Crippen LogP contribution >= 0.6 is 0 Å². The normalized spacial score (nSPS) is 14.2. The van der Waals surface area contributed by atoms with Crippen molar-refractivity contribution < 1.29 is 9.59 Å². The Hall–Kier alpha value is -2.66. The summed E-state index contributed by atoms with van der Waals surface area (Å²) < 4.78 is 0. The van der Waals surface area contributed by atoms with Crippen LogP contribution < -0.4 is 10.2 Å². The molecular weight excluding hydrogens is 338 g/mol. The summed E-state index contributed by atoms with van der Waals surface area (Å²) >= 11 is 0. The van der Waals surface area contributed by atoms with Gasteiger partial charge in [-0.1, -0.05) is 30.3 Å². The fourth-order valence-electron chi connectivity index (χ4n) is 3.40. The molecule has 1 N–H and O–H groups in total. The van der Waals surface area contributed by atoms with Crippen LogP contribution in [0.4, 0.5) is 11.4 Å². The number of likely N-dealkylation sites (N-methyl/N-ethyl adjacent to an activating group) is 1. The van der Waals surface area contributed by atoms with Crippen LogP contribution in [-0.4, -0.2) is 42.9 Å². The number of benzene rings is 2. The largest absolute Gasteiger partial charge is 0.325 e. The van der Waals surface area contributed by atoms with Gasteiger partial charge in [0, 0.05) is 17.9 Å². The molecule has 0 aromatic heterocycles. The van der Waals surface area contributed by atoms with Gasteiger partial charge in [-0.15, -0.1) is 0 Å². The third-order valence-electron chi connectivity index (χ3n) is 5.23. The second-order valence-corrected chi connectivity index (χ2v) is 7.33. The predicted molar refractivity (Wildman–Crippen MR) is 109 cm³/mol. The van der Waals surface area contributed by atoms with Gasteiger partial charge in [0.15, 0.2) is 0 Å². The van der Waals surface area contributed by atoms with Gasteiger partial charge in [0.1, 0.15) is 0 Å². The molecule has 0 unspecified atom stereocenters. The van der Waals surface area contributed by atoms with Gasteiger partial charge in [-0.2, -0.15) is 0 Å². The monoisotopic (exact) mass is 365 g/mol. The third kappa shape index (κ3) is 4.19. The van der Waals surface area contributed by atoms with Crippen molar-refractivity contribution in [3.63, 3.8) is 0 Å². The molecule has 0 spiro atoms. The van der Waals surface area contributed by atoms with Gasteiger partial charge in [-0.05, 0) is 63.1 Å². The van der Waals surface area contributed by atoms with Gasteiger partial charge in [0.2, 0.25) is 11.8 Å². The molecule has 0 bridgehead atoms. The second kappa shape index (κ2) is 7.92. The number of anilines is 2. The molecule has 142 valence electrons. The summed E-state index contributed by atoms with van der Waals surface area (Å²) in [4.78, 5) is 29.0. The van der Waals surface area contributed by atoms with E-state index in [1.165, 1.54) is 5.56 Å². The van der Waals surface area contributed by atoms with Gasteiger partial charge in [-0.3, -0.25) is 14.5 Å². The van der Waals surface area contributed by atoms with Crippen LogP contribution in [0.1, 0.15) is 23.6 Å². The quantitative estimate of drug-likeness (QED) is 0.886. The molecule has 0 fully saturated rings. The number of hydrogen-bond donors (Lipinski definition) is 1. The van der Waals surface area contributed by atoms with Crippen molar-refractivity contribution in [2.45, 2.75) is 33.2 Å². The van der Waals surface area contributed by atoms with Gasteiger partial charge >= 0.3 is 0 Å². The van der Waals surface area contributed by atoms with Crippen molar-refractivity contribution in [2.24, 2.45) is 0 Å². The first-order chi connectivity index (χ1) is 12.9. The van der Waals surface area contributed by atoms with Gasteiger partial charge < -0.3 is 10.2 Å². The maximum absolute atomic E-state index is 12.9. The van der Waals surface area contributed by atoms with Gasteiger partial charge in [-0.25, -0.2) is 0 Å². The summed E-state index contributed by atoms with van der Waals surface area (Å²) in [5, 5.41) is 2.96. The molecule has 0 saturated carbocycles. The smallest absolute Gasteiger partial charge is 0.244 e. The van der Waals surface area contributed by atoms with Crippen LogP contribution in [0.15, 0.2) is 42.5 Å². The Kier molecular flexibility index (Phi) is 5.61. The Morgan fingerprint density at radius 2 is 1.93 bits per heavy atom. The zero-order valence-corrected chi connectivity index (χ0v) is 16.5. The summed E-state index contributed by atoms with van der Waals surface area (Å²) in [6.45, 7) is 6.68. The molecular formula is C22H27N3O2. The van der Waals surface area contributed by atoms with E-state index in [9.17, 15) is 9.59 Å². The van der Waals surface area contributed by atoms with Gasteiger partial charge in [0.05, 0.1) is 12.6 Å². The number of amides is 2. The van der Waals surface area contributed by atoms with Gasteiger partial charge in [0.25, 0.3) is 0 Å². The number of aryl methyl sites for hydroxylation is 2. The molecule has 2 amide bonds. The zero-order chi connectivity index (χ0) is 19.6. The van der Waals surface area contributed by atoms with Crippen LogP contribution in [0.2, 0.25) is 0 Å². The fraction of sp³-hybridized carbons (Fsp3) is 0.364. The Labute approximate surface area is 161 Å². The minimum absolute atomic E-state index is 0.0296. The lowest BCUT2D eigenvalue weighted by Crippen LogP contribution is -2.47. The Bertz CT molecular complexity index is 862. The first-order valence-corrected chi connectivity index (χ1v) is 9.33. The number of nitrogens with one attached hydrogen (secondary N) is 1. The van der Waals surface area contributed by atoms with E-state index in [1.54, 1.807) is 4.90 Å². The lowest BCUT2D eigenvalue weighted by atomic mass is 10.1. The SMILES string of the molecule is Cc1ccc(C)c(NC(=O)CN(C)[C@@H](C)C(=O)N2CCc3ccccc32)c1. The Balaban J connectivity index is 1.62. The van der Waals surface area contributed by atoms with Crippen molar-refractivity contribution in [3.05, 3.63) is 59.2 Å². The maximum Gasteiger partial charge on any atom is 0.244 e. The zero-order valence-electron chi connectivity index (χ0n) is 16.5. The second-order valence-electron chi connectivity index (χ2n) is 7.33. The van der Waals surface area contributed by atoms with Crippen molar-refractivity contribution in [1.82, 2.24) is 4.90 Å². The molecule has 1 aliphatic heterocycles. The standard InChI is InChI=1S/C22H27N3O2/c1-15-9-10-16(2)19(13-15)23-21(26)14-24(4)17(3)22(27)25-12-11-18-7-5-6-8-20(18)25/h5-10,13,17H,11-12,14H2,1-4H3,(H,23,26)/t17-/m0/s1. The summed E-state index contributed by atoms with van der Waals surface area (Å²) in [5.41, 5.74) is 5.13. The average molecular weight is 365 g/mol. The van der Waals surface area contributed by atoms with E-state index >= 15 is 0 Å². The molecule has 1 aliphatic rings. The van der Waals surface area contributed by atoms with Crippen molar-refractivity contribution in [2.75, 3.05) is 30.4 Å². The number of rotatable bonds is 5. The number of hydrogen-bond acceptors (Lipinski definition) is 3. The minimum atomic E-state index is -0.375. The van der Waals surface area contributed by atoms with Crippen LogP contribution in [0.3, 0.4) is 0 Å². The number of carbonyl (C=O) groups is 2. The van der Waals surface area contributed by atoms with Crippen LogP contribution in [0, 0.1) is 13.8 Å². The van der Waals surface area contributed by atoms with Crippen LogP contribution in [-0.2, 0) is 16.0 Å². The molecule has 0 radical (unpaired) electrons. The molecule has 27 heavy (non-hydrogen) atoms. The average Bonchev–Trinajstić information content (AvgIpc) is 3.07. The highest BCUT2D eigenvalue weighted by Gasteiger charge is 2.30. The molecule has 0 aliphatic carbocycles. The van der Waals surface area contributed by atoms with Crippen molar-refractivity contribution >= 4 is 23.2 Å². The molecule has 3 rings (SSSR count). The summed E-state index contributed by atoms with van der Waals surface area (Å²) in [7, 11) is 1.81. The minimum Gasteiger partial charge on any atom is -0.325 e. The summed E-state index contributed by atoms with van der Waals surface area (Å²) in [5.74, 6) is -0.0883. The molecule has 1 heterocycles. The number of para-hydroxylation sites is 1. The van der Waals surface area contributed by atoms with Crippen LogP contribution in [0.25, 0.3) is 0 Å². The number of nitrogens with zero attached hydrogens (tertiary/aromatic N) is 2. The highest BCUT2D eigenvalue weighted by molar-refractivity contribution is 5.99. The molecule has 5 heteroatoms. The van der Waals surface area contributed by atoms with E-state index in [-0.39, 0.29) is 24.4 Å². The first kappa shape index (κ1) is 19.1. The summed E-state index contributed by atoms with van der Waals surface area (Å²) in [6.07, 6.45) is 0.880. The molecule has 5 nitrogen and oxygen atoms in total. The van der Waals surface area contributed by atoms with Crippen LogP contribution in [0.5, 0.6) is 0 Å². The van der Waals surface area contributed by atoms with Crippen molar-refractivity contribution in [3.8, 4) is 0 Å². The Morgan fingerprint density at radius 1 is 1.19 bits per heavy atom. The Morgan fingerprint density at radius 3 is 2.70 bits per heavy atom. The van der Waals surface area contributed by atoms with E-state index in [1.807, 2.05) is 69.1 Å². The molecule has 1 atom stereocenters. The number of carbonyl (C=O) groups excluding carboxylic acids is 2. The van der Waals surface area contributed by atoms with E-state index in [2.05, 4.69) is 11.4 Å². The van der Waals surface area contributed by atoms with Crippen molar-refractivity contribution in [1.29, 1.82) is 0 Å².